The molecule has 0 aliphatic heterocycles. The maximum absolute atomic E-state index is 10.8. The second kappa shape index (κ2) is 2.18. The minimum absolute atomic E-state index is 0.246. The van der Waals surface area contributed by atoms with E-state index in [0.29, 0.717) is 17.0 Å². The average molecular weight is 183 g/mol. The van der Waals surface area contributed by atoms with Crippen LogP contribution in [0.25, 0.3) is 11.2 Å². The Bertz CT molecular complexity index is 534. The Morgan fingerprint density at radius 1 is 1.33 bits per heavy atom. The van der Waals surface area contributed by atoms with E-state index in [1.165, 1.54) is 0 Å². The molecule has 2 aromatic heterocycles. The van der Waals surface area contributed by atoms with Gasteiger partial charge in [0.1, 0.15) is 11.3 Å². The summed E-state index contributed by atoms with van der Waals surface area (Å²) >= 11 is 4.75. The van der Waals surface area contributed by atoms with Crippen LogP contribution in [0.2, 0.25) is 0 Å². The Balaban J connectivity index is 3.07. The van der Waals surface area contributed by atoms with Gasteiger partial charge in [0.15, 0.2) is 10.4 Å². The summed E-state index contributed by atoms with van der Waals surface area (Å²) in [5, 5.41) is 0. The summed E-state index contributed by atoms with van der Waals surface area (Å²) in [6.07, 6.45) is 0. The maximum Gasteiger partial charge on any atom is 0.325 e. The van der Waals surface area contributed by atoms with Crippen molar-refractivity contribution in [2.75, 3.05) is 5.73 Å². The minimum Gasteiger partial charge on any atom is -0.383 e. The summed E-state index contributed by atoms with van der Waals surface area (Å²) in [7, 11) is 0. The fraction of sp³-hybridized carbons (Fsp3) is 0. The van der Waals surface area contributed by atoms with Gasteiger partial charge in [0.2, 0.25) is 0 Å². The Labute approximate surface area is 70.8 Å². The molecule has 0 radical (unpaired) electrons. The lowest BCUT2D eigenvalue weighted by atomic mass is 10.5. The molecular formula is C5H5N5OS. The zero-order valence-corrected chi connectivity index (χ0v) is 6.66. The predicted octanol–water partition coefficient (Wildman–Crippen LogP) is -0.109. The molecule has 0 atom stereocenters. The molecule has 0 unspecified atom stereocenters. The van der Waals surface area contributed by atoms with E-state index < -0.39 is 0 Å². The van der Waals surface area contributed by atoms with Crippen molar-refractivity contribution in [1.29, 1.82) is 0 Å². The van der Waals surface area contributed by atoms with Crippen LogP contribution in [-0.4, -0.2) is 19.9 Å². The van der Waals surface area contributed by atoms with Gasteiger partial charge in [-0.3, -0.25) is 4.98 Å². The van der Waals surface area contributed by atoms with E-state index in [1.54, 1.807) is 0 Å². The summed E-state index contributed by atoms with van der Waals surface area (Å²) in [5.41, 5.74) is 6.00. The van der Waals surface area contributed by atoms with Crippen molar-refractivity contribution in [3.63, 3.8) is 0 Å². The van der Waals surface area contributed by atoms with Crippen molar-refractivity contribution in [1.82, 2.24) is 19.9 Å². The molecule has 0 spiro atoms. The lowest BCUT2D eigenvalue weighted by molar-refractivity contribution is 1.16. The molecule has 0 bridgehead atoms. The van der Waals surface area contributed by atoms with Crippen LogP contribution in [0.5, 0.6) is 0 Å². The molecule has 0 aliphatic rings. The summed E-state index contributed by atoms with van der Waals surface area (Å²) < 4.78 is 0.246. The largest absolute Gasteiger partial charge is 0.383 e. The molecule has 7 heteroatoms. The average Bonchev–Trinajstić information content (AvgIpc) is 2.29. The quantitative estimate of drug-likeness (QED) is 0.428. The third-order valence-electron chi connectivity index (χ3n) is 1.43. The summed E-state index contributed by atoms with van der Waals surface area (Å²) in [5.74, 6) is 0.309. The molecule has 0 saturated carbocycles. The topological polar surface area (TPSA) is 103 Å². The van der Waals surface area contributed by atoms with Gasteiger partial charge in [0.25, 0.3) is 0 Å². The van der Waals surface area contributed by atoms with Crippen LogP contribution in [0.3, 0.4) is 0 Å². The maximum atomic E-state index is 10.8. The number of aromatic nitrogens is 4. The first-order valence-electron chi connectivity index (χ1n) is 3.14. The summed E-state index contributed by atoms with van der Waals surface area (Å²) in [4.78, 5) is 22.2. The van der Waals surface area contributed by atoms with Crippen molar-refractivity contribution in [3.05, 3.63) is 15.3 Å². The highest BCUT2D eigenvalue weighted by Gasteiger charge is 2.02. The standard InChI is InChI=1S/C5H5N5OS/c6-2-1-3(9-4(11)7-1)10-5(12)8-2/h(H5,6,7,8,9,10,11,12). The number of aromatic amines is 3. The van der Waals surface area contributed by atoms with E-state index >= 15 is 0 Å². The molecule has 2 rings (SSSR count). The van der Waals surface area contributed by atoms with Gasteiger partial charge in [0.05, 0.1) is 0 Å². The molecule has 0 fully saturated rings. The lowest BCUT2D eigenvalue weighted by Gasteiger charge is -1.92. The number of hydrogen-bond acceptors (Lipinski definition) is 4. The monoisotopic (exact) mass is 183 g/mol. The van der Waals surface area contributed by atoms with Crippen LogP contribution in [0.1, 0.15) is 0 Å². The van der Waals surface area contributed by atoms with Crippen molar-refractivity contribution in [3.8, 4) is 0 Å². The molecule has 2 aromatic rings. The van der Waals surface area contributed by atoms with Crippen molar-refractivity contribution < 1.29 is 0 Å². The number of nitrogens with two attached hydrogens (primary N) is 1. The number of anilines is 1. The van der Waals surface area contributed by atoms with Gasteiger partial charge in [-0.05, 0) is 12.2 Å². The highest BCUT2D eigenvalue weighted by molar-refractivity contribution is 7.71. The van der Waals surface area contributed by atoms with E-state index in [2.05, 4.69) is 19.9 Å². The van der Waals surface area contributed by atoms with Gasteiger partial charge >= 0.3 is 5.69 Å². The first kappa shape index (κ1) is 7.04. The second-order valence-corrected chi connectivity index (χ2v) is 2.65. The number of rotatable bonds is 0. The van der Waals surface area contributed by atoms with Crippen molar-refractivity contribution in [2.24, 2.45) is 0 Å². The first-order valence-corrected chi connectivity index (χ1v) is 3.55. The van der Waals surface area contributed by atoms with E-state index in [4.69, 9.17) is 18.0 Å². The molecule has 5 N–H and O–H groups in total. The van der Waals surface area contributed by atoms with Crippen LogP contribution in [-0.2, 0) is 0 Å². The molecule has 6 nitrogen and oxygen atoms in total. The Morgan fingerprint density at radius 2 is 2.08 bits per heavy atom. The van der Waals surface area contributed by atoms with Gasteiger partial charge in [-0.1, -0.05) is 0 Å². The highest BCUT2D eigenvalue weighted by Crippen LogP contribution is 2.08. The van der Waals surface area contributed by atoms with Crippen LogP contribution in [0.4, 0.5) is 5.82 Å². The summed E-state index contributed by atoms with van der Waals surface area (Å²) in [6.45, 7) is 0. The molecule has 0 saturated heterocycles. The fourth-order valence-electron chi connectivity index (χ4n) is 0.960. The molecule has 0 aliphatic carbocycles. The number of nitrogens with one attached hydrogen (secondary N) is 3. The van der Waals surface area contributed by atoms with Crippen LogP contribution in [0.15, 0.2) is 4.79 Å². The third-order valence-corrected chi connectivity index (χ3v) is 1.62. The molecule has 0 amide bonds. The van der Waals surface area contributed by atoms with Crippen LogP contribution >= 0.6 is 12.2 Å². The SMILES string of the molecule is Nc1[nH]c(=S)nc2[nH]c(=O)[nH]c12. The number of nitrogens with zero attached hydrogens (tertiary/aromatic N) is 1. The van der Waals surface area contributed by atoms with Gasteiger partial charge in [0, 0.05) is 0 Å². The van der Waals surface area contributed by atoms with Crippen molar-refractivity contribution in [2.45, 2.75) is 0 Å². The fourth-order valence-corrected chi connectivity index (χ4v) is 1.16. The van der Waals surface area contributed by atoms with E-state index in [0.717, 1.165) is 0 Å². The van der Waals surface area contributed by atoms with Gasteiger partial charge in [-0.25, -0.2) is 9.78 Å². The Morgan fingerprint density at radius 3 is 2.83 bits per heavy atom. The zero-order chi connectivity index (χ0) is 8.72. The van der Waals surface area contributed by atoms with E-state index in [9.17, 15) is 4.79 Å². The molecule has 0 aromatic carbocycles. The molecule has 2 heterocycles. The molecule has 62 valence electrons. The van der Waals surface area contributed by atoms with Crippen molar-refractivity contribution >= 4 is 29.2 Å². The number of H-pyrrole nitrogens is 3. The number of fused-ring (bicyclic) bond motifs is 1. The smallest absolute Gasteiger partial charge is 0.325 e. The van der Waals surface area contributed by atoms with Gasteiger partial charge < -0.3 is 15.7 Å². The van der Waals surface area contributed by atoms with E-state index in [-0.39, 0.29) is 10.5 Å². The number of hydrogen-bond donors (Lipinski definition) is 4. The summed E-state index contributed by atoms with van der Waals surface area (Å²) in [6, 6.07) is 0. The van der Waals surface area contributed by atoms with E-state index in [1.807, 2.05) is 0 Å². The zero-order valence-electron chi connectivity index (χ0n) is 5.84. The predicted molar refractivity (Wildman–Crippen MR) is 46.3 cm³/mol. The third kappa shape index (κ3) is 0.909. The molecule has 12 heavy (non-hydrogen) atoms. The number of nitrogen functional groups attached to an aromatic ring is 1. The lowest BCUT2D eigenvalue weighted by Crippen LogP contribution is -1.99. The highest BCUT2D eigenvalue weighted by atomic mass is 32.1. The van der Waals surface area contributed by atoms with Crippen LogP contribution < -0.4 is 11.4 Å². The second-order valence-electron chi connectivity index (χ2n) is 2.26. The van der Waals surface area contributed by atoms with Gasteiger partial charge in [-0.2, -0.15) is 0 Å². The Hall–Kier alpha value is -1.63. The minimum atomic E-state index is -0.349. The normalized spacial score (nSPS) is 10.7. The number of imidazole rings is 1. The Kier molecular flexibility index (Phi) is 1.28. The molecular weight excluding hydrogens is 178 g/mol. The first-order chi connectivity index (χ1) is 5.66. The van der Waals surface area contributed by atoms with Crippen LogP contribution in [0, 0.1) is 4.77 Å². The van der Waals surface area contributed by atoms with Gasteiger partial charge in [-0.15, -0.1) is 0 Å².